The highest BCUT2D eigenvalue weighted by atomic mass is 16.7. The zero-order chi connectivity index (χ0) is 14.8. The summed E-state index contributed by atoms with van der Waals surface area (Å²) in [6.45, 7) is 5.00. The Hall–Kier alpha value is -2.20. The van der Waals surface area contributed by atoms with Crippen LogP contribution < -0.4 is 14.8 Å². The van der Waals surface area contributed by atoms with Crippen LogP contribution in [0.1, 0.15) is 29.7 Å². The molecule has 0 aromatic heterocycles. The molecule has 2 aromatic carbocycles. The minimum Gasteiger partial charge on any atom is -0.507 e. The molecule has 0 saturated carbocycles. The quantitative estimate of drug-likeness (QED) is 0.905. The lowest BCUT2D eigenvalue weighted by Gasteiger charge is -2.17. The Morgan fingerprint density at radius 3 is 2.67 bits per heavy atom. The fourth-order valence-corrected chi connectivity index (χ4v) is 2.56. The molecule has 0 amide bonds. The highest BCUT2D eigenvalue weighted by molar-refractivity contribution is 5.51. The van der Waals surface area contributed by atoms with Crippen LogP contribution in [0.4, 0.5) is 0 Å². The molecular weight excluding hydrogens is 266 g/mol. The predicted octanol–water partition coefficient (Wildman–Crippen LogP) is 3.28. The van der Waals surface area contributed by atoms with Crippen LogP contribution in [0, 0.1) is 6.92 Å². The fraction of sp³-hybridized carbons (Fsp3) is 0.294. The predicted molar refractivity (Wildman–Crippen MR) is 80.7 cm³/mol. The van der Waals surface area contributed by atoms with Gasteiger partial charge in [0.25, 0.3) is 0 Å². The summed E-state index contributed by atoms with van der Waals surface area (Å²) < 4.78 is 10.6. The third-order valence-electron chi connectivity index (χ3n) is 3.83. The van der Waals surface area contributed by atoms with Crippen LogP contribution in [0.25, 0.3) is 0 Å². The van der Waals surface area contributed by atoms with Crippen molar-refractivity contribution in [2.24, 2.45) is 0 Å². The maximum atomic E-state index is 10.0. The van der Waals surface area contributed by atoms with E-state index in [2.05, 4.69) is 31.3 Å². The summed E-state index contributed by atoms with van der Waals surface area (Å²) in [5.41, 5.74) is 3.32. The zero-order valence-electron chi connectivity index (χ0n) is 12.2. The number of rotatable bonds is 4. The van der Waals surface area contributed by atoms with Crippen molar-refractivity contribution in [3.8, 4) is 17.2 Å². The van der Waals surface area contributed by atoms with Crippen molar-refractivity contribution >= 4 is 0 Å². The molecule has 0 bridgehead atoms. The van der Waals surface area contributed by atoms with Crippen molar-refractivity contribution in [3.63, 3.8) is 0 Å². The molecular formula is C17H19NO3. The van der Waals surface area contributed by atoms with Gasteiger partial charge >= 0.3 is 0 Å². The van der Waals surface area contributed by atoms with Gasteiger partial charge in [0.2, 0.25) is 6.79 Å². The first kappa shape index (κ1) is 13.8. The molecule has 1 heterocycles. The van der Waals surface area contributed by atoms with Crippen molar-refractivity contribution in [2.75, 3.05) is 6.79 Å². The minimum atomic E-state index is 0.205. The Kier molecular flexibility index (Phi) is 3.71. The molecule has 0 fully saturated rings. The minimum absolute atomic E-state index is 0.205. The zero-order valence-corrected chi connectivity index (χ0v) is 12.2. The van der Waals surface area contributed by atoms with Crippen molar-refractivity contribution < 1.29 is 14.6 Å². The van der Waals surface area contributed by atoms with E-state index in [1.165, 1.54) is 11.1 Å². The van der Waals surface area contributed by atoms with E-state index in [-0.39, 0.29) is 18.6 Å². The largest absolute Gasteiger partial charge is 0.507 e. The summed E-state index contributed by atoms with van der Waals surface area (Å²) in [5.74, 6) is 1.51. The maximum absolute atomic E-state index is 10.0. The monoisotopic (exact) mass is 285 g/mol. The van der Waals surface area contributed by atoms with Gasteiger partial charge in [-0.3, -0.25) is 0 Å². The Labute approximate surface area is 124 Å². The van der Waals surface area contributed by atoms with E-state index in [0.717, 1.165) is 5.56 Å². The van der Waals surface area contributed by atoms with Crippen LogP contribution in [0.15, 0.2) is 36.4 Å². The molecule has 0 radical (unpaired) electrons. The molecule has 1 aliphatic rings. The van der Waals surface area contributed by atoms with Gasteiger partial charge in [0.05, 0.1) is 0 Å². The summed E-state index contributed by atoms with van der Waals surface area (Å²) >= 11 is 0. The molecule has 2 N–H and O–H groups in total. The lowest BCUT2D eigenvalue weighted by molar-refractivity contribution is 0.174. The van der Waals surface area contributed by atoms with Gasteiger partial charge in [-0.1, -0.05) is 24.3 Å². The molecule has 3 rings (SSSR count). The number of benzene rings is 2. The number of aryl methyl sites for hydroxylation is 1. The first-order valence-electron chi connectivity index (χ1n) is 7.05. The van der Waals surface area contributed by atoms with E-state index in [1.54, 1.807) is 6.07 Å². The molecule has 0 spiro atoms. The lowest BCUT2D eigenvalue weighted by Crippen LogP contribution is -2.18. The van der Waals surface area contributed by atoms with Crippen molar-refractivity contribution in [1.29, 1.82) is 0 Å². The Balaban J connectivity index is 1.72. The summed E-state index contributed by atoms with van der Waals surface area (Å²) in [4.78, 5) is 0. The molecule has 1 atom stereocenters. The smallest absolute Gasteiger partial charge is 0.231 e. The summed E-state index contributed by atoms with van der Waals surface area (Å²) in [6, 6.07) is 11.9. The van der Waals surface area contributed by atoms with Crippen molar-refractivity contribution in [1.82, 2.24) is 5.32 Å². The Bertz CT molecular complexity index is 654. The van der Waals surface area contributed by atoms with Crippen LogP contribution >= 0.6 is 0 Å². The standard InChI is InChI=1S/C17H19NO3/c1-11-5-3-4-6-14(11)12(2)18-9-13-7-16-17(8-15(13)19)21-10-20-16/h3-8,12,18-19H,9-10H2,1-2H3/t12-/m0/s1. The van der Waals surface area contributed by atoms with Crippen LogP contribution in [-0.4, -0.2) is 11.9 Å². The van der Waals surface area contributed by atoms with Crippen molar-refractivity contribution in [3.05, 3.63) is 53.1 Å². The number of hydrogen-bond donors (Lipinski definition) is 2. The van der Waals surface area contributed by atoms with E-state index in [4.69, 9.17) is 9.47 Å². The van der Waals surface area contributed by atoms with E-state index in [1.807, 2.05) is 18.2 Å². The average Bonchev–Trinajstić information content (AvgIpc) is 2.92. The number of ether oxygens (including phenoxy) is 2. The SMILES string of the molecule is Cc1ccccc1[C@H](C)NCc1cc2c(cc1O)OCO2. The summed E-state index contributed by atoms with van der Waals surface area (Å²) in [6.07, 6.45) is 0. The molecule has 4 heteroatoms. The van der Waals surface area contributed by atoms with E-state index in [9.17, 15) is 5.11 Å². The molecule has 21 heavy (non-hydrogen) atoms. The van der Waals surface area contributed by atoms with E-state index >= 15 is 0 Å². The second-order valence-electron chi connectivity index (χ2n) is 5.29. The Morgan fingerprint density at radius 1 is 1.19 bits per heavy atom. The molecule has 0 saturated heterocycles. The summed E-state index contributed by atoms with van der Waals surface area (Å²) in [7, 11) is 0. The van der Waals surface area contributed by atoms with Crippen molar-refractivity contribution in [2.45, 2.75) is 26.4 Å². The maximum Gasteiger partial charge on any atom is 0.231 e. The number of aromatic hydroxyl groups is 1. The van der Waals surface area contributed by atoms with Gasteiger partial charge in [0.1, 0.15) is 5.75 Å². The van der Waals surface area contributed by atoms with Crippen LogP contribution in [-0.2, 0) is 6.54 Å². The Morgan fingerprint density at radius 2 is 1.90 bits per heavy atom. The molecule has 4 nitrogen and oxygen atoms in total. The number of phenolic OH excluding ortho intramolecular Hbond substituents is 1. The van der Waals surface area contributed by atoms with Gasteiger partial charge in [-0.05, 0) is 31.0 Å². The molecule has 2 aromatic rings. The second-order valence-corrected chi connectivity index (χ2v) is 5.29. The highest BCUT2D eigenvalue weighted by Crippen LogP contribution is 2.37. The van der Waals surface area contributed by atoms with E-state index in [0.29, 0.717) is 18.0 Å². The highest BCUT2D eigenvalue weighted by Gasteiger charge is 2.17. The van der Waals surface area contributed by atoms with Gasteiger partial charge in [-0.2, -0.15) is 0 Å². The van der Waals surface area contributed by atoms with Gasteiger partial charge in [-0.15, -0.1) is 0 Å². The topological polar surface area (TPSA) is 50.7 Å². The molecule has 110 valence electrons. The summed E-state index contributed by atoms with van der Waals surface area (Å²) in [5, 5.41) is 13.5. The fourth-order valence-electron chi connectivity index (χ4n) is 2.56. The number of hydrogen-bond acceptors (Lipinski definition) is 4. The third-order valence-corrected chi connectivity index (χ3v) is 3.83. The molecule has 1 aliphatic heterocycles. The van der Waals surface area contributed by atoms with E-state index < -0.39 is 0 Å². The number of fused-ring (bicyclic) bond motifs is 1. The van der Waals surface area contributed by atoms with Crippen LogP contribution in [0.5, 0.6) is 17.2 Å². The first-order chi connectivity index (χ1) is 10.1. The average molecular weight is 285 g/mol. The molecule has 0 aliphatic carbocycles. The normalized spacial score (nSPS) is 14.2. The second kappa shape index (κ2) is 5.66. The van der Waals surface area contributed by atoms with Gasteiger partial charge in [0, 0.05) is 24.2 Å². The van der Waals surface area contributed by atoms with Crippen LogP contribution in [0.2, 0.25) is 0 Å². The first-order valence-corrected chi connectivity index (χ1v) is 7.05. The van der Waals surface area contributed by atoms with Gasteiger partial charge < -0.3 is 19.9 Å². The van der Waals surface area contributed by atoms with Gasteiger partial charge in [0.15, 0.2) is 11.5 Å². The number of phenols is 1. The molecule has 0 unspecified atom stereocenters. The lowest BCUT2D eigenvalue weighted by atomic mass is 10.0. The number of nitrogens with one attached hydrogen (secondary N) is 1. The van der Waals surface area contributed by atoms with Gasteiger partial charge in [-0.25, -0.2) is 0 Å². The third kappa shape index (κ3) is 2.81. The van der Waals surface area contributed by atoms with Crippen LogP contribution in [0.3, 0.4) is 0 Å².